The van der Waals surface area contributed by atoms with E-state index in [0.29, 0.717) is 5.82 Å². The van der Waals surface area contributed by atoms with Crippen molar-refractivity contribution >= 4 is 12.0 Å². The molecule has 0 unspecified atom stereocenters. The van der Waals surface area contributed by atoms with Gasteiger partial charge in [-0.25, -0.2) is 4.79 Å². The number of nitrogens with zero attached hydrogens (tertiary/aromatic N) is 3. The van der Waals surface area contributed by atoms with Gasteiger partial charge in [-0.1, -0.05) is 30.3 Å². The Hall–Kier alpha value is -2.37. The molecule has 0 saturated heterocycles. The van der Waals surface area contributed by atoms with Crippen LogP contribution in [0.4, 0.5) is 10.7 Å². The number of H-pyrrole nitrogens is 1. The first-order chi connectivity index (χ1) is 8.16. The molecule has 2 N–H and O–H groups in total. The first-order valence-corrected chi connectivity index (χ1v) is 5.13. The van der Waals surface area contributed by atoms with Crippen LogP contribution in [-0.4, -0.2) is 40.2 Å². The Labute approximate surface area is 98.7 Å². The lowest BCUT2D eigenvalue weighted by molar-refractivity contribution is 0.230. The predicted octanol–water partition coefficient (Wildman–Crippen LogP) is 1.57. The number of amides is 2. The molecule has 17 heavy (non-hydrogen) atoms. The molecule has 0 spiro atoms. The van der Waals surface area contributed by atoms with Crippen LogP contribution in [-0.2, 0) is 0 Å². The molecule has 0 atom stereocenters. The van der Waals surface area contributed by atoms with Crippen molar-refractivity contribution in [3.05, 3.63) is 30.3 Å². The molecule has 2 amide bonds. The Bertz CT molecular complexity index is 506. The number of benzene rings is 1. The van der Waals surface area contributed by atoms with E-state index in [1.807, 2.05) is 30.3 Å². The Kier molecular flexibility index (Phi) is 3.04. The Morgan fingerprint density at radius 1 is 1.29 bits per heavy atom. The second-order valence-corrected chi connectivity index (χ2v) is 3.70. The second-order valence-electron chi connectivity index (χ2n) is 3.70. The van der Waals surface area contributed by atoms with Crippen LogP contribution < -0.4 is 5.32 Å². The molecule has 6 nitrogen and oxygen atoms in total. The summed E-state index contributed by atoms with van der Waals surface area (Å²) in [5, 5.41) is 9.26. The summed E-state index contributed by atoms with van der Waals surface area (Å²) in [6.07, 6.45) is 0. The molecular formula is C11H13N5O. The first-order valence-electron chi connectivity index (χ1n) is 5.13. The Balaban J connectivity index is 2.14. The van der Waals surface area contributed by atoms with Crippen molar-refractivity contribution < 1.29 is 4.79 Å². The van der Waals surface area contributed by atoms with Crippen molar-refractivity contribution in [2.45, 2.75) is 0 Å². The fraction of sp³-hybridized carbons (Fsp3) is 0.182. The summed E-state index contributed by atoms with van der Waals surface area (Å²) >= 11 is 0. The monoisotopic (exact) mass is 231 g/mol. The highest BCUT2D eigenvalue weighted by atomic mass is 16.2. The molecule has 0 saturated carbocycles. The van der Waals surface area contributed by atoms with Crippen molar-refractivity contribution in [1.29, 1.82) is 0 Å². The van der Waals surface area contributed by atoms with E-state index in [-0.39, 0.29) is 12.0 Å². The zero-order valence-corrected chi connectivity index (χ0v) is 9.64. The Morgan fingerprint density at radius 3 is 2.65 bits per heavy atom. The number of carbonyl (C=O) groups is 1. The lowest BCUT2D eigenvalue weighted by atomic mass is 10.2. The van der Waals surface area contributed by atoms with Crippen LogP contribution in [0.25, 0.3) is 11.4 Å². The predicted molar refractivity (Wildman–Crippen MR) is 64.5 cm³/mol. The van der Waals surface area contributed by atoms with Gasteiger partial charge in [-0.15, -0.1) is 5.10 Å². The van der Waals surface area contributed by atoms with E-state index in [0.717, 1.165) is 5.56 Å². The van der Waals surface area contributed by atoms with Crippen LogP contribution in [0.15, 0.2) is 30.3 Å². The maximum Gasteiger partial charge on any atom is 0.323 e. The van der Waals surface area contributed by atoms with Gasteiger partial charge in [0.05, 0.1) is 0 Å². The highest BCUT2D eigenvalue weighted by Crippen LogP contribution is 2.14. The van der Waals surface area contributed by atoms with E-state index in [2.05, 4.69) is 20.5 Å². The molecule has 0 aliphatic rings. The van der Waals surface area contributed by atoms with Crippen molar-refractivity contribution in [2.75, 3.05) is 19.4 Å². The minimum atomic E-state index is -0.261. The highest BCUT2D eigenvalue weighted by Gasteiger charge is 2.09. The molecule has 0 radical (unpaired) electrons. The maximum absolute atomic E-state index is 11.4. The van der Waals surface area contributed by atoms with Crippen LogP contribution >= 0.6 is 0 Å². The van der Waals surface area contributed by atoms with Crippen molar-refractivity contribution in [3.8, 4) is 11.4 Å². The number of urea groups is 1. The summed E-state index contributed by atoms with van der Waals surface area (Å²) in [6, 6.07) is 9.32. The lowest BCUT2D eigenvalue weighted by Gasteiger charge is -2.08. The number of aromatic nitrogens is 3. The summed E-state index contributed by atoms with van der Waals surface area (Å²) in [5.74, 6) is 0.891. The molecule has 1 aromatic heterocycles. The minimum Gasteiger partial charge on any atom is -0.331 e. The fourth-order valence-corrected chi connectivity index (χ4v) is 1.25. The third-order valence-corrected chi connectivity index (χ3v) is 2.16. The minimum absolute atomic E-state index is 0.261. The van der Waals surface area contributed by atoms with Crippen LogP contribution in [0.2, 0.25) is 0 Å². The van der Waals surface area contributed by atoms with Crippen LogP contribution in [0.1, 0.15) is 0 Å². The van der Waals surface area contributed by atoms with Crippen LogP contribution in [0, 0.1) is 0 Å². The van der Waals surface area contributed by atoms with E-state index < -0.39 is 0 Å². The van der Waals surface area contributed by atoms with E-state index in [1.165, 1.54) is 4.90 Å². The van der Waals surface area contributed by atoms with Crippen molar-refractivity contribution in [1.82, 2.24) is 20.1 Å². The average Bonchev–Trinajstić information content (AvgIpc) is 2.78. The zero-order chi connectivity index (χ0) is 12.3. The van der Waals surface area contributed by atoms with E-state index in [4.69, 9.17) is 0 Å². The topological polar surface area (TPSA) is 73.9 Å². The zero-order valence-electron chi connectivity index (χ0n) is 9.64. The van der Waals surface area contributed by atoms with Gasteiger partial charge in [0.25, 0.3) is 0 Å². The second kappa shape index (κ2) is 4.65. The van der Waals surface area contributed by atoms with Crippen LogP contribution in [0.3, 0.4) is 0 Å². The fourth-order valence-electron chi connectivity index (χ4n) is 1.25. The van der Waals surface area contributed by atoms with Gasteiger partial charge in [0.2, 0.25) is 5.95 Å². The number of hydrogen-bond donors (Lipinski definition) is 2. The summed E-state index contributed by atoms with van der Waals surface area (Å²) < 4.78 is 0. The molecule has 2 rings (SSSR count). The quantitative estimate of drug-likeness (QED) is 0.823. The molecule has 6 heteroatoms. The SMILES string of the molecule is CN(C)C(=O)Nc1n[nH]c(-c2ccccc2)n1. The standard InChI is InChI=1S/C11H13N5O/c1-16(2)11(17)13-10-12-9(14-15-10)8-6-4-3-5-7-8/h3-7H,1-2H3,(H2,12,13,14,15,17). The molecule has 1 aromatic carbocycles. The number of hydrogen-bond acceptors (Lipinski definition) is 3. The molecule has 0 fully saturated rings. The third kappa shape index (κ3) is 2.60. The molecule has 0 aliphatic carbocycles. The molecule has 0 aliphatic heterocycles. The Morgan fingerprint density at radius 2 is 2.00 bits per heavy atom. The summed E-state index contributed by atoms with van der Waals surface area (Å²) in [4.78, 5) is 17.0. The number of carbonyl (C=O) groups excluding carboxylic acids is 1. The van der Waals surface area contributed by atoms with E-state index in [1.54, 1.807) is 14.1 Å². The summed E-state index contributed by atoms with van der Waals surface area (Å²) in [6.45, 7) is 0. The highest BCUT2D eigenvalue weighted by molar-refractivity contribution is 5.87. The van der Waals surface area contributed by atoms with Crippen molar-refractivity contribution in [3.63, 3.8) is 0 Å². The number of rotatable bonds is 2. The number of aromatic amines is 1. The normalized spacial score (nSPS) is 10.0. The smallest absolute Gasteiger partial charge is 0.323 e. The van der Waals surface area contributed by atoms with Gasteiger partial charge in [-0.2, -0.15) is 4.98 Å². The summed E-state index contributed by atoms with van der Waals surface area (Å²) in [5.41, 5.74) is 0.922. The largest absolute Gasteiger partial charge is 0.331 e. The summed E-state index contributed by atoms with van der Waals surface area (Å²) in [7, 11) is 3.31. The van der Waals surface area contributed by atoms with E-state index in [9.17, 15) is 4.79 Å². The van der Waals surface area contributed by atoms with Gasteiger partial charge in [0.15, 0.2) is 5.82 Å². The van der Waals surface area contributed by atoms with Gasteiger partial charge < -0.3 is 4.90 Å². The van der Waals surface area contributed by atoms with Crippen LogP contribution in [0.5, 0.6) is 0 Å². The maximum atomic E-state index is 11.4. The molecular weight excluding hydrogens is 218 g/mol. The third-order valence-electron chi connectivity index (χ3n) is 2.16. The number of anilines is 1. The van der Waals surface area contributed by atoms with Crippen molar-refractivity contribution in [2.24, 2.45) is 0 Å². The number of nitrogens with one attached hydrogen (secondary N) is 2. The van der Waals surface area contributed by atoms with Gasteiger partial charge in [0, 0.05) is 19.7 Å². The lowest BCUT2D eigenvalue weighted by Crippen LogP contribution is -2.27. The van der Waals surface area contributed by atoms with Gasteiger partial charge in [0.1, 0.15) is 0 Å². The van der Waals surface area contributed by atoms with Gasteiger partial charge in [-0.3, -0.25) is 10.4 Å². The molecule has 2 aromatic rings. The average molecular weight is 231 g/mol. The van der Waals surface area contributed by atoms with Gasteiger partial charge in [-0.05, 0) is 0 Å². The van der Waals surface area contributed by atoms with Gasteiger partial charge >= 0.3 is 6.03 Å². The molecule has 88 valence electrons. The molecule has 1 heterocycles. The first kappa shape index (κ1) is 11.1. The van der Waals surface area contributed by atoms with E-state index >= 15 is 0 Å². The molecule has 0 bridgehead atoms.